The third kappa shape index (κ3) is 21.2. The molecule has 0 aromatic carbocycles. The van der Waals surface area contributed by atoms with Gasteiger partial charge in [-0.3, -0.25) is 0 Å². The van der Waals surface area contributed by atoms with Gasteiger partial charge in [-0.05, 0) is 25.7 Å². The molecule has 0 rings (SSSR count). The first-order chi connectivity index (χ1) is 16.6. The molecule has 0 N–H and O–H groups in total. The fraction of sp³-hybridized carbons (Fsp3) is 0.857. The molecule has 0 saturated carbocycles. The predicted molar refractivity (Wildman–Crippen MR) is 141 cm³/mol. The molecule has 0 radical (unpaired) electrons. The van der Waals surface area contributed by atoms with E-state index in [1.807, 2.05) is 0 Å². The van der Waals surface area contributed by atoms with Gasteiger partial charge in [0, 0.05) is 38.3 Å². The minimum atomic E-state index is -0.514. The second-order valence-electron chi connectivity index (χ2n) is 9.25. The van der Waals surface area contributed by atoms with Crippen LogP contribution in [0.1, 0.15) is 130 Å². The van der Waals surface area contributed by atoms with Gasteiger partial charge in [-0.1, -0.05) is 105 Å². The van der Waals surface area contributed by atoms with Crippen LogP contribution >= 0.6 is 0 Å². The van der Waals surface area contributed by atoms with Gasteiger partial charge in [0.1, 0.15) is 0 Å². The molecule has 0 atom stereocenters. The molecule has 0 fully saturated rings. The van der Waals surface area contributed by atoms with Gasteiger partial charge in [0.2, 0.25) is 0 Å². The van der Waals surface area contributed by atoms with E-state index in [9.17, 15) is 9.59 Å². The van der Waals surface area contributed by atoms with Gasteiger partial charge in [-0.15, -0.1) is 10.1 Å². The molecular weight excluding hydrogens is 428 g/mol. The Bertz CT molecular complexity index is 443. The summed E-state index contributed by atoms with van der Waals surface area (Å²) in [6, 6.07) is 0. The van der Waals surface area contributed by atoms with Crippen LogP contribution in [0.2, 0.25) is 0 Å². The van der Waals surface area contributed by atoms with E-state index in [2.05, 4.69) is 27.7 Å². The standard InChI is InChI=1S/C28H54N2O4/c1-5-9-13-17-23-29(24-18-14-10-6-2)33-27(31)21-22-28(32)34-30(25-19-15-11-7-3)26-20-16-12-8-4/h21-22H,5-20,23-26H2,1-4H3/b22-21-. The van der Waals surface area contributed by atoms with E-state index < -0.39 is 11.9 Å². The molecule has 0 aromatic rings. The molecule has 0 spiro atoms. The zero-order valence-electron chi connectivity index (χ0n) is 22.8. The first kappa shape index (κ1) is 32.6. The summed E-state index contributed by atoms with van der Waals surface area (Å²) in [5.41, 5.74) is 0. The van der Waals surface area contributed by atoms with Crippen LogP contribution in [0.5, 0.6) is 0 Å². The Morgan fingerprint density at radius 3 is 0.971 bits per heavy atom. The highest BCUT2D eigenvalue weighted by molar-refractivity contribution is 5.91. The van der Waals surface area contributed by atoms with E-state index in [0.717, 1.165) is 77.5 Å². The van der Waals surface area contributed by atoms with Gasteiger partial charge in [0.05, 0.1) is 0 Å². The summed E-state index contributed by atoms with van der Waals surface area (Å²) < 4.78 is 0. The molecule has 0 bridgehead atoms. The van der Waals surface area contributed by atoms with E-state index in [4.69, 9.17) is 9.68 Å². The Hall–Kier alpha value is -1.40. The van der Waals surface area contributed by atoms with E-state index >= 15 is 0 Å². The number of carbonyl (C=O) groups is 2. The lowest BCUT2D eigenvalue weighted by atomic mass is 10.2. The lowest BCUT2D eigenvalue weighted by Crippen LogP contribution is -2.30. The van der Waals surface area contributed by atoms with Gasteiger partial charge in [-0.2, -0.15) is 0 Å². The number of nitrogens with zero attached hydrogens (tertiary/aromatic N) is 2. The average molecular weight is 483 g/mol. The van der Waals surface area contributed by atoms with Crippen LogP contribution in [0.4, 0.5) is 0 Å². The smallest absolute Gasteiger partial charge is 0.349 e. The van der Waals surface area contributed by atoms with E-state index in [1.165, 1.54) is 63.5 Å². The minimum absolute atomic E-state index is 0.514. The molecular formula is C28H54N2O4. The lowest BCUT2D eigenvalue weighted by molar-refractivity contribution is -0.187. The second-order valence-corrected chi connectivity index (χ2v) is 9.25. The van der Waals surface area contributed by atoms with Crippen LogP contribution in [-0.2, 0) is 19.3 Å². The highest BCUT2D eigenvalue weighted by atomic mass is 16.7. The normalized spacial score (nSPS) is 11.6. The molecule has 200 valence electrons. The van der Waals surface area contributed by atoms with Crippen LogP contribution in [-0.4, -0.2) is 48.2 Å². The summed E-state index contributed by atoms with van der Waals surface area (Å²) >= 11 is 0. The van der Waals surface area contributed by atoms with Crippen molar-refractivity contribution in [1.82, 2.24) is 10.1 Å². The average Bonchev–Trinajstić information content (AvgIpc) is 2.83. The van der Waals surface area contributed by atoms with Crippen LogP contribution in [0.25, 0.3) is 0 Å². The van der Waals surface area contributed by atoms with E-state index in [-0.39, 0.29) is 0 Å². The molecule has 34 heavy (non-hydrogen) atoms. The van der Waals surface area contributed by atoms with Gasteiger partial charge in [-0.25, -0.2) is 9.59 Å². The Labute approximate surface area is 210 Å². The largest absolute Gasteiger partial charge is 0.364 e. The maximum Gasteiger partial charge on any atom is 0.349 e. The highest BCUT2D eigenvalue weighted by Gasteiger charge is 2.12. The Morgan fingerprint density at radius 2 is 0.735 bits per heavy atom. The molecule has 0 aliphatic carbocycles. The number of carbonyl (C=O) groups excluding carboxylic acids is 2. The third-order valence-corrected chi connectivity index (χ3v) is 5.84. The summed E-state index contributed by atoms with van der Waals surface area (Å²) in [6.45, 7) is 11.7. The molecule has 0 aliphatic heterocycles. The zero-order valence-corrected chi connectivity index (χ0v) is 22.8. The number of hydrogen-bond donors (Lipinski definition) is 0. The molecule has 0 aliphatic rings. The summed E-state index contributed by atoms with van der Waals surface area (Å²) in [4.78, 5) is 35.7. The molecule has 0 unspecified atom stereocenters. The van der Waals surface area contributed by atoms with Gasteiger partial charge in [0.25, 0.3) is 0 Å². The van der Waals surface area contributed by atoms with Crippen LogP contribution in [0.15, 0.2) is 12.2 Å². The summed E-state index contributed by atoms with van der Waals surface area (Å²) in [5, 5.41) is 3.52. The molecule has 6 heteroatoms. The maximum atomic E-state index is 12.3. The SMILES string of the molecule is CCCCCCN(CCCCCC)OC(=O)/C=C\C(=O)ON(CCCCCC)CCCCCC. The van der Waals surface area contributed by atoms with Crippen molar-refractivity contribution in [2.24, 2.45) is 0 Å². The molecule has 0 aromatic heterocycles. The minimum Gasteiger partial charge on any atom is -0.364 e. The monoisotopic (exact) mass is 482 g/mol. The van der Waals surface area contributed by atoms with E-state index in [1.54, 1.807) is 10.1 Å². The molecule has 0 saturated heterocycles. The lowest BCUT2D eigenvalue weighted by Gasteiger charge is -2.21. The Morgan fingerprint density at radius 1 is 0.471 bits per heavy atom. The first-order valence-electron chi connectivity index (χ1n) is 14.2. The van der Waals surface area contributed by atoms with Gasteiger partial charge in [0.15, 0.2) is 0 Å². The molecule has 6 nitrogen and oxygen atoms in total. The van der Waals surface area contributed by atoms with E-state index in [0.29, 0.717) is 0 Å². The topological polar surface area (TPSA) is 59.1 Å². The van der Waals surface area contributed by atoms with Crippen LogP contribution in [0, 0.1) is 0 Å². The van der Waals surface area contributed by atoms with Crippen molar-refractivity contribution in [3.05, 3.63) is 12.2 Å². The fourth-order valence-corrected chi connectivity index (χ4v) is 3.72. The van der Waals surface area contributed by atoms with Crippen molar-refractivity contribution in [1.29, 1.82) is 0 Å². The van der Waals surface area contributed by atoms with Gasteiger partial charge < -0.3 is 9.68 Å². The molecule has 0 heterocycles. The fourth-order valence-electron chi connectivity index (χ4n) is 3.72. The van der Waals surface area contributed by atoms with Crippen molar-refractivity contribution in [2.75, 3.05) is 26.2 Å². The summed E-state index contributed by atoms with van der Waals surface area (Å²) in [5.74, 6) is -1.03. The maximum absolute atomic E-state index is 12.3. The van der Waals surface area contributed by atoms with Crippen LogP contribution < -0.4 is 0 Å². The number of hydroxylamine groups is 4. The first-order valence-corrected chi connectivity index (χ1v) is 14.2. The van der Waals surface area contributed by atoms with Crippen molar-refractivity contribution in [3.63, 3.8) is 0 Å². The number of hydrogen-bond acceptors (Lipinski definition) is 6. The quantitative estimate of drug-likeness (QED) is 0.0812. The number of rotatable bonds is 24. The third-order valence-electron chi connectivity index (χ3n) is 5.84. The summed E-state index contributed by atoms with van der Waals surface area (Å²) in [6.07, 6.45) is 20.4. The Kier molecular flexibility index (Phi) is 23.7. The van der Waals surface area contributed by atoms with Crippen molar-refractivity contribution in [2.45, 2.75) is 130 Å². The summed E-state index contributed by atoms with van der Waals surface area (Å²) in [7, 11) is 0. The Balaban J connectivity index is 4.62. The highest BCUT2D eigenvalue weighted by Crippen LogP contribution is 2.08. The zero-order chi connectivity index (χ0) is 25.3. The van der Waals surface area contributed by atoms with Gasteiger partial charge >= 0.3 is 11.9 Å². The second kappa shape index (κ2) is 24.7. The predicted octanol–water partition coefficient (Wildman–Crippen LogP) is 7.38. The van der Waals surface area contributed by atoms with Crippen molar-refractivity contribution < 1.29 is 19.3 Å². The van der Waals surface area contributed by atoms with Crippen LogP contribution in [0.3, 0.4) is 0 Å². The van der Waals surface area contributed by atoms with Crippen molar-refractivity contribution >= 4 is 11.9 Å². The van der Waals surface area contributed by atoms with Crippen molar-refractivity contribution in [3.8, 4) is 0 Å². The molecule has 0 amide bonds. The number of unbranched alkanes of at least 4 members (excludes halogenated alkanes) is 12.